The number of nitrogens with one attached hydrogen (secondary N) is 1. The number of rotatable bonds is 4. The summed E-state index contributed by atoms with van der Waals surface area (Å²) in [6.45, 7) is 0. The van der Waals surface area contributed by atoms with Gasteiger partial charge in [0.1, 0.15) is 5.56 Å². The molecule has 0 radical (unpaired) electrons. The molecule has 4 saturated carbocycles. The van der Waals surface area contributed by atoms with Crippen molar-refractivity contribution >= 4 is 28.8 Å². The van der Waals surface area contributed by atoms with Crippen LogP contribution in [0, 0.1) is 17.8 Å². The molecule has 0 atom stereocenters. The topological polar surface area (TPSA) is 125 Å². The van der Waals surface area contributed by atoms with E-state index in [2.05, 4.69) is 10.1 Å². The molecule has 0 spiro atoms. The van der Waals surface area contributed by atoms with Crippen LogP contribution in [0.2, 0.25) is 0 Å². The first-order valence-electron chi connectivity index (χ1n) is 15.5. The van der Waals surface area contributed by atoms with Gasteiger partial charge in [-0.05, 0) is 121 Å². The lowest BCUT2D eigenvalue weighted by atomic mass is 9.48. The minimum atomic E-state index is -0.878. The molecule has 1 aliphatic heterocycles. The zero-order chi connectivity index (χ0) is 29.9. The fourth-order valence-electron chi connectivity index (χ4n) is 9.55. The number of benzene rings is 3. The highest BCUT2D eigenvalue weighted by Crippen LogP contribution is 2.60. The van der Waals surface area contributed by atoms with Crippen molar-refractivity contribution in [1.82, 2.24) is 14.6 Å². The highest BCUT2D eigenvalue weighted by molar-refractivity contribution is 6.26. The van der Waals surface area contributed by atoms with Gasteiger partial charge < -0.3 is 5.11 Å². The molecule has 1 aromatic heterocycles. The maximum Gasteiger partial charge on any atom is 0.335 e. The van der Waals surface area contributed by atoms with Gasteiger partial charge in [0, 0.05) is 5.39 Å². The van der Waals surface area contributed by atoms with Crippen molar-refractivity contribution < 1.29 is 14.7 Å². The average molecular weight is 587 g/mol. The lowest BCUT2D eigenvalue weighted by Crippen LogP contribution is -2.48. The normalized spacial score (nSPS) is 26.5. The van der Waals surface area contributed by atoms with Gasteiger partial charge in [0.05, 0.1) is 23.0 Å². The largest absolute Gasteiger partial charge is 0.493 e. The second-order valence-corrected chi connectivity index (χ2v) is 13.5. The smallest absolute Gasteiger partial charge is 0.335 e. The first-order valence-corrected chi connectivity index (χ1v) is 15.5. The van der Waals surface area contributed by atoms with E-state index in [4.69, 9.17) is 0 Å². The third-order valence-corrected chi connectivity index (χ3v) is 11.0. The molecule has 5 aliphatic carbocycles. The van der Waals surface area contributed by atoms with Gasteiger partial charge in [0.15, 0.2) is 0 Å². The second kappa shape index (κ2) is 8.87. The van der Waals surface area contributed by atoms with Crippen LogP contribution in [0.15, 0.2) is 63.2 Å². The first-order chi connectivity index (χ1) is 21.3. The molecule has 3 aromatic carbocycles. The van der Waals surface area contributed by atoms with Gasteiger partial charge in [0.25, 0.3) is 17.4 Å². The predicted octanol–water partition coefficient (Wildman–Crippen LogP) is 4.58. The van der Waals surface area contributed by atoms with Crippen LogP contribution in [-0.2, 0) is 18.3 Å². The zero-order valence-corrected chi connectivity index (χ0v) is 24.0. The van der Waals surface area contributed by atoms with Crippen LogP contribution < -0.4 is 11.2 Å². The minimum Gasteiger partial charge on any atom is -0.493 e. The third-order valence-electron chi connectivity index (χ3n) is 11.0. The van der Waals surface area contributed by atoms with Crippen LogP contribution in [-0.4, -0.2) is 37.7 Å². The molecule has 2 amide bonds. The number of amides is 2. The molecule has 9 heteroatoms. The number of nitrogens with zero attached hydrogens (tertiary/aromatic N) is 3. The van der Waals surface area contributed by atoms with Crippen molar-refractivity contribution in [1.29, 1.82) is 0 Å². The number of aryl methyl sites for hydroxylation is 2. The maximum absolute atomic E-state index is 13.4. The van der Waals surface area contributed by atoms with E-state index in [9.17, 15) is 24.3 Å². The Morgan fingerprint density at radius 1 is 0.773 bits per heavy atom. The number of carbonyl (C=O) groups excluding carboxylic acids is 2. The molecule has 2 heterocycles. The highest BCUT2D eigenvalue weighted by Gasteiger charge is 2.51. The number of aromatic hydroxyl groups is 1. The number of hydrogen-bond donors (Lipinski definition) is 2. The molecular formula is C35H30N4O5. The number of imide groups is 1. The monoisotopic (exact) mass is 586 g/mol. The van der Waals surface area contributed by atoms with E-state index in [0.29, 0.717) is 27.2 Å². The van der Waals surface area contributed by atoms with Gasteiger partial charge in [-0.3, -0.25) is 19.4 Å². The fourth-order valence-corrected chi connectivity index (χ4v) is 9.55. The van der Waals surface area contributed by atoms with Crippen molar-refractivity contribution in [2.75, 3.05) is 0 Å². The fraction of sp³-hybridized carbons (Fsp3) is 0.343. The molecule has 4 fully saturated rings. The Kier molecular flexibility index (Phi) is 5.18. The number of carbonyl (C=O) groups is 2. The molecular weight excluding hydrogens is 556 g/mol. The lowest BCUT2D eigenvalue weighted by Gasteiger charge is -2.57. The Hall–Kier alpha value is -4.79. The van der Waals surface area contributed by atoms with E-state index in [0.717, 1.165) is 57.9 Å². The summed E-state index contributed by atoms with van der Waals surface area (Å²) >= 11 is 0. The Morgan fingerprint density at radius 3 is 1.91 bits per heavy atom. The van der Waals surface area contributed by atoms with Crippen LogP contribution in [0.25, 0.3) is 16.5 Å². The summed E-state index contributed by atoms with van der Waals surface area (Å²) in [6, 6.07) is 14.9. The van der Waals surface area contributed by atoms with Crippen molar-refractivity contribution in [3.8, 4) is 11.6 Å². The molecule has 2 N–H and O–H groups in total. The molecule has 0 unspecified atom stereocenters. The number of aromatic amines is 1. The van der Waals surface area contributed by atoms with E-state index >= 15 is 0 Å². The first kappa shape index (κ1) is 25.7. The maximum atomic E-state index is 13.4. The lowest BCUT2D eigenvalue weighted by molar-refractivity contribution is -0.00518. The van der Waals surface area contributed by atoms with E-state index in [-0.39, 0.29) is 11.0 Å². The number of aromatic nitrogens is 2. The van der Waals surface area contributed by atoms with Crippen molar-refractivity contribution in [2.45, 2.75) is 56.8 Å². The molecule has 4 bridgehead atoms. The Bertz CT molecular complexity index is 2010. The second-order valence-electron chi connectivity index (χ2n) is 13.5. The molecule has 220 valence electrons. The SMILES string of the molecule is O=C1c2ccc3c4c(ccc(c24)C(=O)N1N=Cc1c(O)n(-c2ccc(C45CC6CC(CC(C6)C4)C5)cc2)c(=O)[nH]c1=O)CC3. The quantitative estimate of drug-likeness (QED) is 0.268. The number of hydrazone groups is 1. The minimum absolute atomic E-state index is 0.181. The summed E-state index contributed by atoms with van der Waals surface area (Å²) in [7, 11) is 0. The third kappa shape index (κ3) is 3.49. The van der Waals surface area contributed by atoms with Gasteiger partial charge in [-0.1, -0.05) is 24.3 Å². The molecule has 4 aromatic rings. The van der Waals surface area contributed by atoms with Gasteiger partial charge in [-0.15, -0.1) is 0 Å². The number of hydrogen-bond acceptors (Lipinski definition) is 6. The van der Waals surface area contributed by atoms with E-state index < -0.39 is 28.9 Å². The van der Waals surface area contributed by atoms with E-state index in [1.165, 1.54) is 44.1 Å². The molecule has 44 heavy (non-hydrogen) atoms. The van der Waals surface area contributed by atoms with Crippen molar-refractivity contribution in [3.63, 3.8) is 0 Å². The molecule has 0 saturated heterocycles. The Morgan fingerprint density at radius 2 is 1.34 bits per heavy atom. The summed E-state index contributed by atoms with van der Waals surface area (Å²) in [5.74, 6) is 0.544. The molecule has 9 nitrogen and oxygen atoms in total. The van der Waals surface area contributed by atoms with Gasteiger partial charge in [-0.25, -0.2) is 9.36 Å². The van der Waals surface area contributed by atoms with Crippen molar-refractivity contribution in [3.05, 3.63) is 103 Å². The predicted molar refractivity (Wildman–Crippen MR) is 164 cm³/mol. The zero-order valence-electron chi connectivity index (χ0n) is 24.0. The van der Waals surface area contributed by atoms with Gasteiger partial charge in [-0.2, -0.15) is 10.1 Å². The van der Waals surface area contributed by atoms with Gasteiger partial charge in [0.2, 0.25) is 5.88 Å². The van der Waals surface area contributed by atoms with Crippen LogP contribution in [0.4, 0.5) is 0 Å². The number of H-pyrrole nitrogens is 1. The highest BCUT2D eigenvalue weighted by atomic mass is 16.3. The Labute approximate surface area is 251 Å². The molecule has 10 rings (SSSR count). The standard InChI is InChI=1S/C35H30N4O5/c40-30-27(17-36-39-32(42)25-9-3-21-1-2-22-4-10-26(33(39)43)29(25)28(21)22)31(41)38(34(44)37-30)24-7-5-23(6-8-24)35-14-18-11-19(15-35)13-20(12-18)16-35/h3-10,17-20,41H,1-2,11-16H2,(H,37,40,44). The van der Waals surface area contributed by atoms with Crippen LogP contribution in [0.3, 0.4) is 0 Å². The summed E-state index contributed by atoms with van der Waals surface area (Å²) < 4.78 is 1.01. The average Bonchev–Trinajstić information content (AvgIpc) is 3.42. The van der Waals surface area contributed by atoms with E-state index in [1.54, 1.807) is 24.3 Å². The van der Waals surface area contributed by atoms with Crippen molar-refractivity contribution in [2.24, 2.45) is 22.9 Å². The summed E-state index contributed by atoms with van der Waals surface area (Å²) in [5.41, 5.74) is 2.79. The summed E-state index contributed by atoms with van der Waals surface area (Å²) in [5, 5.41) is 17.6. The van der Waals surface area contributed by atoms with Crippen LogP contribution in [0.5, 0.6) is 5.88 Å². The van der Waals surface area contributed by atoms with Crippen LogP contribution in [0.1, 0.15) is 81.5 Å². The summed E-state index contributed by atoms with van der Waals surface area (Å²) in [4.78, 5) is 54.9. The van der Waals surface area contributed by atoms with Crippen LogP contribution >= 0.6 is 0 Å². The Balaban J connectivity index is 1.06. The molecule has 6 aliphatic rings. The van der Waals surface area contributed by atoms with Gasteiger partial charge >= 0.3 is 5.69 Å². The van der Waals surface area contributed by atoms with E-state index in [1.807, 2.05) is 24.3 Å². The summed E-state index contributed by atoms with van der Waals surface area (Å²) in [6.07, 6.45) is 10.4.